The zero-order chi connectivity index (χ0) is 14.5. The van der Waals surface area contributed by atoms with E-state index in [1.165, 1.54) is 0 Å². The number of para-hydroxylation sites is 1. The van der Waals surface area contributed by atoms with Crippen LogP contribution < -0.4 is 10.6 Å². The fraction of sp³-hybridized carbons (Fsp3) is 0.375. The highest BCUT2D eigenvalue weighted by Crippen LogP contribution is 2.21. The Hall–Kier alpha value is -2.10. The maximum Gasteiger partial charge on any atom is 0.242 e. The number of carbonyl (C=O) groups is 1. The number of hydrogen-bond acceptors (Lipinski definition) is 3. The maximum atomic E-state index is 12.0. The third-order valence-electron chi connectivity index (χ3n) is 3.10. The zero-order valence-corrected chi connectivity index (χ0v) is 12.2. The second-order valence-corrected chi connectivity index (χ2v) is 5.38. The van der Waals surface area contributed by atoms with E-state index in [1.807, 2.05) is 37.3 Å². The summed E-state index contributed by atoms with van der Waals surface area (Å²) in [7, 11) is 0. The number of carbonyl (C=O) groups excluding carboxylic acids is 1. The van der Waals surface area contributed by atoms with Crippen LogP contribution in [0.15, 0.2) is 36.5 Å². The van der Waals surface area contributed by atoms with Crippen molar-refractivity contribution in [2.24, 2.45) is 5.92 Å². The summed E-state index contributed by atoms with van der Waals surface area (Å²) >= 11 is 0. The largest absolute Gasteiger partial charge is 0.373 e. The van der Waals surface area contributed by atoms with Crippen LogP contribution in [0.5, 0.6) is 0 Å². The molecule has 20 heavy (non-hydrogen) atoms. The number of amides is 1. The zero-order valence-electron chi connectivity index (χ0n) is 12.2. The Bertz CT molecular complexity index is 590. The molecule has 2 rings (SSSR count). The first-order valence-corrected chi connectivity index (χ1v) is 6.96. The predicted molar refractivity (Wildman–Crippen MR) is 82.7 cm³/mol. The molecule has 1 aromatic heterocycles. The molecule has 0 radical (unpaired) electrons. The highest BCUT2D eigenvalue weighted by molar-refractivity contribution is 5.93. The fourth-order valence-corrected chi connectivity index (χ4v) is 1.98. The van der Waals surface area contributed by atoms with Gasteiger partial charge < -0.3 is 10.6 Å². The molecule has 1 heterocycles. The predicted octanol–water partition coefficient (Wildman–Crippen LogP) is 2.81. The van der Waals surface area contributed by atoms with E-state index in [0.29, 0.717) is 12.5 Å². The molecule has 0 aliphatic carbocycles. The summed E-state index contributed by atoms with van der Waals surface area (Å²) in [5.41, 5.74) is 1.86. The Kier molecular flexibility index (Phi) is 4.56. The van der Waals surface area contributed by atoms with Gasteiger partial charge in [-0.15, -0.1) is 0 Å². The van der Waals surface area contributed by atoms with Crippen molar-refractivity contribution in [2.45, 2.75) is 26.8 Å². The molecule has 0 aliphatic rings. The van der Waals surface area contributed by atoms with Crippen molar-refractivity contribution < 1.29 is 4.79 Å². The SMILES string of the molecule is CC(C)CNC(=O)C(C)Nc1ccnc2ccccc12. The van der Waals surface area contributed by atoms with Gasteiger partial charge in [-0.3, -0.25) is 9.78 Å². The molecule has 0 saturated carbocycles. The Labute approximate surface area is 119 Å². The number of pyridine rings is 1. The van der Waals surface area contributed by atoms with Gasteiger partial charge in [-0.25, -0.2) is 0 Å². The van der Waals surface area contributed by atoms with Crippen molar-refractivity contribution in [1.82, 2.24) is 10.3 Å². The quantitative estimate of drug-likeness (QED) is 0.879. The third-order valence-corrected chi connectivity index (χ3v) is 3.10. The van der Waals surface area contributed by atoms with E-state index in [9.17, 15) is 4.79 Å². The van der Waals surface area contributed by atoms with Crippen LogP contribution in [0.4, 0.5) is 5.69 Å². The molecule has 2 aromatic rings. The Balaban J connectivity index is 2.10. The topological polar surface area (TPSA) is 54.0 Å². The minimum Gasteiger partial charge on any atom is -0.373 e. The average molecular weight is 271 g/mol. The fourth-order valence-electron chi connectivity index (χ4n) is 1.98. The highest BCUT2D eigenvalue weighted by atomic mass is 16.2. The molecule has 2 N–H and O–H groups in total. The van der Waals surface area contributed by atoms with Gasteiger partial charge in [0, 0.05) is 23.8 Å². The average Bonchev–Trinajstić information content (AvgIpc) is 2.45. The van der Waals surface area contributed by atoms with E-state index in [4.69, 9.17) is 0 Å². The van der Waals surface area contributed by atoms with Gasteiger partial charge in [0.2, 0.25) is 5.91 Å². The van der Waals surface area contributed by atoms with Crippen molar-refractivity contribution in [3.8, 4) is 0 Å². The van der Waals surface area contributed by atoms with Crippen LogP contribution in [-0.4, -0.2) is 23.5 Å². The lowest BCUT2D eigenvalue weighted by atomic mass is 10.1. The number of nitrogens with one attached hydrogen (secondary N) is 2. The van der Waals surface area contributed by atoms with E-state index < -0.39 is 0 Å². The first-order valence-electron chi connectivity index (χ1n) is 6.96. The molecular formula is C16H21N3O. The summed E-state index contributed by atoms with van der Waals surface area (Å²) in [5.74, 6) is 0.465. The molecule has 0 aliphatic heterocycles. The summed E-state index contributed by atoms with van der Waals surface area (Å²) in [6.07, 6.45) is 1.75. The second-order valence-electron chi connectivity index (χ2n) is 5.38. The third kappa shape index (κ3) is 3.47. The van der Waals surface area contributed by atoms with Gasteiger partial charge in [-0.2, -0.15) is 0 Å². The van der Waals surface area contributed by atoms with Gasteiger partial charge in [0.15, 0.2) is 0 Å². The highest BCUT2D eigenvalue weighted by Gasteiger charge is 2.13. The van der Waals surface area contributed by atoms with Crippen LogP contribution in [0.25, 0.3) is 10.9 Å². The molecule has 4 heteroatoms. The Morgan fingerprint density at radius 3 is 2.70 bits per heavy atom. The molecule has 0 bridgehead atoms. The standard InChI is InChI=1S/C16H21N3O/c1-11(2)10-18-16(20)12(3)19-15-8-9-17-14-7-5-4-6-13(14)15/h4-9,11-12H,10H2,1-3H3,(H,17,19)(H,18,20). The maximum absolute atomic E-state index is 12.0. The summed E-state index contributed by atoms with van der Waals surface area (Å²) in [6.45, 7) is 6.72. The summed E-state index contributed by atoms with van der Waals surface area (Å²) < 4.78 is 0. The van der Waals surface area contributed by atoms with Crippen LogP contribution in [0.2, 0.25) is 0 Å². The molecule has 0 fully saturated rings. The molecule has 0 spiro atoms. The number of aromatic nitrogens is 1. The van der Waals surface area contributed by atoms with Crippen LogP contribution in [0.3, 0.4) is 0 Å². The number of hydrogen-bond donors (Lipinski definition) is 2. The van der Waals surface area contributed by atoms with Crippen LogP contribution in [-0.2, 0) is 4.79 Å². The molecular weight excluding hydrogens is 250 g/mol. The molecule has 1 aromatic carbocycles. The normalized spacial score (nSPS) is 12.4. The number of rotatable bonds is 5. The van der Waals surface area contributed by atoms with Gasteiger partial charge >= 0.3 is 0 Å². The number of nitrogens with zero attached hydrogens (tertiary/aromatic N) is 1. The van der Waals surface area contributed by atoms with Crippen molar-refractivity contribution in [2.75, 3.05) is 11.9 Å². The van der Waals surface area contributed by atoms with E-state index in [-0.39, 0.29) is 11.9 Å². The number of benzene rings is 1. The van der Waals surface area contributed by atoms with E-state index in [1.54, 1.807) is 6.20 Å². The molecule has 1 atom stereocenters. The van der Waals surface area contributed by atoms with Crippen molar-refractivity contribution in [1.29, 1.82) is 0 Å². The van der Waals surface area contributed by atoms with Gasteiger partial charge in [0.25, 0.3) is 0 Å². The van der Waals surface area contributed by atoms with Crippen LogP contribution in [0.1, 0.15) is 20.8 Å². The molecule has 4 nitrogen and oxygen atoms in total. The molecule has 1 unspecified atom stereocenters. The smallest absolute Gasteiger partial charge is 0.242 e. The lowest BCUT2D eigenvalue weighted by Gasteiger charge is -2.17. The van der Waals surface area contributed by atoms with Gasteiger partial charge in [0.1, 0.15) is 6.04 Å². The monoisotopic (exact) mass is 271 g/mol. The van der Waals surface area contributed by atoms with Crippen LogP contribution in [0, 0.1) is 5.92 Å². The summed E-state index contributed by atoms with van der Waals surface area (Å²) in [6, 6.07) is 9.51. The second kappa shape index (κ2) is 6.37. The van der Waals surface area contributed by atoms with Crippen molar-refractivity contribution in [3.05, 3.63) is 36.5 Å². The van der Waals surface area contributed by atoms with Crippen molar-refractivity contribution in [3.63, 3.8) is 0 Å². The van der Waals surface area contributed by atoms with E-state index >= 15 is 0 Å². The van der Waals surface area contributed by atoms with E-state index in [2.05, 4.69) is 29.5 Å². The summed E-state index contributed by atoms with van der Waals surface area (Å²) in [4.78, 5) is 16.3. The Morgan fingerprint density at radius 2 is 1.95 bits per heavy atom. The van der Waals surface area contributed by atoms with Gasteiger partial charge in [-0.05, 0) is 25.0 Å². The summed E-state index contributed by atoms with van der Waals surface area (Å²) in [5, 5.41) is 7.22. The number of fused-ring (bicyclic) bond motifs is 1. The van der Waals surface area contributed by atoms with Crippen molar-refractivity contribution >= 4 is 22.5 Å². The molecule has 106 valence electrons. The first-order chi connectivity index (χ1) is 9.58. The molecule has 0 saturated heterocycles. The number of anilines is 1. The van der Waals surface area contributed by atoms with Gasteiger partial charge in [0.05, 0.1) is 5.52 Å². The molecule has 1 amide bonds. The van der Waals surface area contributed by atoms with Crippen LogP contribution >= 0.6 is 0 Å². The van der Waals surface area contributed by atoms with Gasteiger partial charge in [-0.1, -0.05) is 32.0 Å². The van der Waals surface area contributed by atoms with E-state index in [0.717, 1.165) is 16.6 Å². The lowest BCUT2D eigenvalue weighted by molar-refractivity contribution is -0.121. The lowest BCUT2D eigenvalue weighted by Crippen LogP contribution is -2.39. The Morgan fingerprint density at radius 1 is 1.20 bits per heavy atom. The minimum absolute atomic E-state index is 0.0135. The minimum atomic E-state index is -0.278. The first kappa shape index (κ1) is 14.3.